The smallest absolute Gasteiger partial charge is 0.261 e. The minimum Gasteiger partial charge on any atom is -0.270 e. The average Bonchev–Trinajstić information content (AvgIpc) is 2.40. The van der Waals surface area contributed by atoms with Gasteiger partial charge in [-0.25, -0.2) is 0 Å². The highest BCUT2D eigenvalue weighted by molar-refractivity contribution is 6.25. The van der Waals surface area contributed by atoms with E-state index >= 15 is 0 Å². The number of rotatable bonds is 2. The van der Waals surface area contributed by atoms with Crippen molar-refractivity contribution in [3.63, 3.8) is 0 Å². The molecule has 0 N–H and O–H groups in total. The third kappa shape index (κ3) is 1.31. The van der Waals surface area contributed by atoms with Gasteiger partial charge in [0.2, 0.25) is 0 Å². The summed E-state index contributed by atoms with van der Waals surface area (Å²) in [6, 6.07) is 11.0. The molecule has 1 heterocycles. The van der Waals surface area contributed by atoms with Gasteiger partial charge in [-0.05, 0) is 17.5 Å². The molecule has 3 heteroatoms. The Kier molecular flexibility index (Phi) is 2.27. The van der Waals surface area contributed by atoms with Crippen LogP contribution in [0.2, 0.25) is 0 Å². The van der Waals surface area contributed by atoms with Crippen LogP contribution in [0, 0.1) is 0 Å². The lowest BCUT2D eigenvalue weighted by molar-refractivity contribution is 0.0629. The van der Waals surface area contributed by atoms with Gasteiger partial charge in [-0.15, -0.1) is 6.58 Å². The first-order valence-electron chi connectivity index (χ1n) is 5.73. The van der Waals surface area contributed by atoms with Crippen LogP contribution in [0.25, 0.3) is 10.8 Å². The predicted molar refractivity (Wildman–Crippen MR) is 69.5 cm³/mol. The maximum absolute atomic E-state index is 12.3. The molecule has 0 spiro atoms. The Morgan fingerprint density at radius 2 is 1.56 bits per heavy atom. The van der Waals surface area contributed by atoms with Crippen molar-refractivity contribution in [2.24, 2.45) is 0 Å². The van der Waals surface area contributed by atoms with Gasteiger partial charge in [0.05, 0.1) is 0 Å². The Morgan fingerprint density at radius 1 is 1.00 bits per heavy atom. The summed E-state index contributed by atoms with van der Waals surface area (Å²) in [5.41, 5.74) is 1.18. The number of carbonyl (C=O) groups is 2. The molecule has 2 aromatic carbocycles. The summed E-state index contributed by atoms with van der Waals surface area (Å²) in [5.74, 6) is -0.492. The largest absolute Gasteiger partial charge is 0.270 e. The molecule has 1 aliphatic rings. The molecule has 0 atom stereocenters. The van der Waals surface area contributed by atoms with Gasteiger partial charge in [0, 0.05) is 23.1 Å². The number of nitrogens with zero attached hydrogens (tertiary/aromatic N) is 1. The van der Waals surface area contributed by atoms with Gasteiger partial charge < -0.3 is 0 Å². The van der Waals surface area contributed by atoms with Gasteiger partial charge in [0.15, 0.2) is 0 Å². The van der Waals surface area contributed by atoms with Crippen molar-refractivity contribution < 1.29 is 9.59 Å². The molecule has 0 aliphatic carbocycles. The number of imide groups is 1. The predicted octanol–water partition coefficient (Wildman–Crippen LogP) is 2.62. The zero-order valence-corrected chi connectivity index (χ0v) is 9.72. The first-order valence-corrected chi connectivity index (χ1v) is 5.73. The molecule has 1 aliphatic heterocycles. The van der Waals surface area contributed by atoms with Crippen molar-refractivity contribution in [3.05, 3.63) is 60.2 Å². The molecule has 0 radical (unpaired) electrons. The number of amides is 2. The molecule has 3 rings (SSSR count). The van der Waals surface area contributed by atoms with E-state index in [9.17, 15) is 9.59 Å². The molecule has 3 nitrogen and oxygen atoms in total. The van der Waals surface area contributed by atoms with Crippen molar-refractivity contribution >= 4 is 22.6 Å². The van der Waals surface area contributed by atoms with E-state index < -0.39 is 0 Å². The van der Waals surface area contributed by atoms with Crippen molar-refractivity contribution in [2.45, 2.75) is 0 Å². The second kappa shape index (κ2) is 3.81. The highest BCUT2D eigenvalue weighted by Crippen LogP contribution is 2.29. The third-order valence-corrected chi connectivity index (χ3v) is 3.17. The summed E-state index contributed by atoms with van der Waals surface area (Å²) in [4.78, 5) is 25.7. The van der Waals surface area contributed by atoms with Gasteiger partial charge in [-0.2, -0.15) is 0 Å². The van der Waals surface area contributed by atoms with Crippen molar-refractivity contribution in [3.8, 4) is 0 Å². The molecule has 0 bridgehead atoms. The van der Waals surface area contributed by atoms with E-state index in [1.54, 1.807) is 18.2 Å². The lowest BCUT2D eigenvalue weighted by Gasteiger charge is -2.26. The highest BCUT2D eigenvalue weighted by Gasteiger charge is 2.31. The molecule has 0 aromatic heterocycles. The van der Waals surface area contributed by atoms with Crippen LogP contribution in [0.3, 0.4) is 0 Å². The molecular weight excluding hydrogens is 226 g/mol. The van der Waals surface area contributed by atoms with Crippen LogP contribution >= 0.6 is 0 Å². The summed E-state index contributed by atoms with van der Waals surface area (Å²) in [6.45, 7) is 3.82. The van der Waals surface area contributed by atoms with Gasteiger partial charge in [-0.3, -0.25) is 14.5 Å². The SMILES string of the molecule is C=CCN1C(=O)c2cccc3cccc(c23)C1=O. The second-order valence-corrected chi connectivity index (χ2v) is 4.22. The normalized spacial score (nSPS) is 14.1. The van der Waals surface area contributed by atoms with Crippen LogP contribution < -0.4 is 0 Å². The molecule has 0 fully saturated rings. The van der Waals surface area contributed by atoms with Gasteiger partial charge in [0.25, 0.3) is 11.8 Å². The number of benzene rings is 2. The summed E-state index contributed by atoms with van der Waals surface area (Å²) in [7, 11) is 0. The molecule has 2 amide bonds. The van der Waals surface area contributed by atoms with E-state index in [1.165, 1.54) is 4.90 Å². The fraction of sp³-hybridized carbons (Fsp3) is 0.0667. The average molecular weight is 237 g/mol. The summed E-state index contributed by atoms with van der Waals surface area (Å²) >= 11 is 0. The lowest BCUT2D eigenvalue weighted by atomic mass is 9.94. The van der Waals surface area contributed by atoms with Gasteiger partial charge in [-0.1, -0.05) is 30.3 Å². The fourth-order valence-electron chi connectivity index (χ4n) is 2.38. The molecule has 0 unspecified atom stereocenters. The van der Waals surface area contributed by atoms with Crippen LogP contribution in [-0.4, -0.2) is 23.3 Å². The summed E-state index contributed by atoms with van der Waals surface area (Å²) in [6.07, 6.45) is 1.56. The Balaban J connectivity index is 2.35. The Hall–Kier alpha value is -2.42. The number of hydrogen-bond donors (Lipinski definition) is 0. The molecule has 0 saturated heterocycles. The van der Waals surface area contributed by atoms with Crippen molar-refractivity contribution in [1.29, 1.82) is 0 Å². The van der Waals surface area contributed by atoms with Gasteiger partial charge >= 0.3 is 0 Å². The Morgan fingerprint density at radius 3 is 2.06 bits per heavy atom. The first kappa shape index (κ1) is 10.7. The Labute approximate surface area is 104 Å². The monoisotopic (exact) mass is 237 g/mol. The quantitative estimate of drug-likeness (QED) is 0.594. The van der Waals surface area contributed by atoms with Crippen LogP contribution in [0.4, 0.5) is 0 Å². The highest BCUT2D eigenvalue weighted by atomic mass is 16.2. The maximum atomic E-state index is 12.3. The van der Waals surface area contributed by atoms with Gasteiger partial charge in [0.1, 0.15) is 0 Å². The Bertz CT molecular complexity index is 637. The topological polar surface area (TPSA) is 37.4 Å². The number of carbonyl (C=O) groups excluding carboxylic acids is 2. The number of hydrogen-bond acceptors (Lipinski definition) is 2. The van der Waals surface area contributed by atoms with Crippen molar-refractivity contribution in [2.75, 3.05) is 6.54 Å². The fourth-order valence-corrected chi connectivity index (χ4v) is 2.38. The van der Waals surface area contributed by atoms with E-state index in [0.29, 0.717) is 11.1 Å². The second-order valence-electron chi connectivity index (χ2n) is 4.22. The summed E-state index contributed by atoms with van der Waals surface area (Å²) < 4.78 is 0. The van der Waals surface area contributed by atoms with Crippen LogP contribution in [0.5, 0.6) is 0 Å². The third-order valence-electron chi connectivity index (χ3n) is 3.17. The first-order chi connectivity index (χ1) is 8.74. The van der Waals surface area contributed by atoms with E-state index in [1.807, 2.05) is 24.3 Å². The molecular formula is C15H11NO2. The van der Waals surface area contributed by atoms with Crippen LogP contribution in [-0.2, 0) is 0 Å². The standard InChI is InChI=1S/C15H11NO2/c1-2-9-16-14(17)11-7-3-5-10-6-4-8-12(13(10)11)15(16)18/h2-8H,1,9H2. The van der Waals surface area contributed by atoms with Crippen LogP contribution in [0.15, 0.2) is 49.1 Å². The minimum absolute atomic E-state index is 0.238. The molecule has 2 aromatic rings. The van der Waals surface area contributed by atoms with Crippen molar-refractivity contribution in [1.82, 2.24) is 4.90 Å². The zero-order valence-electron chi connectivity index (χ0n) is 9.72. The molecule has 18 heavy (non-hydrogen) atoms. The summed E-state index contributed by atoms with van der Waals surface area (Å²) in [5, 5.41) is 1.68. The zero-order chi connectivity index (χ0) is 12.7. The van der Waals surface area contributed by atoms with Crippen LogP contribution in [0.1, 0.15) is 20.7 Å². The van der Waals surface area contributed by atoms with E-state index in [-0.39, 0.29) is 18.4 Å². The lowest BCUT2D eigenvalue weighted by Crippen LogP contribution is -2.40. The maximum Gasteiger partial charge on any atom is 0.261 e. The van der Waals surface area contributed by atoms with E-state index in [0.717, 1.165) is 10.8 Å². The molecule has 88 valence electrons. The molecule has 0 saturated carbocycles. The van der Waals surface area contributed by atoms with E-state index in [4.69, 9.17) is 0 Å². The van der Waals surface area contributed by atoms with E-state index in [2.05, 4.69) is 6.58 Å². The minimum atomic E-state index is -0.246.